The molecule has 7 rings (SSSR count). The topological polar surface area (TPSA) is 7.76 Å². The van der Waals surface area contributed by atoms with Crippen molar-refractivity contribution in [2.24, 2.45) is 0 Å². The molecule has 4 heterocycles. The van der Waals surface area contributed by atoms with Gasteiger partial charge in [0.15, 0.2) is 0 Å². The van der Waals surface area contributed by atoms with Crippen LogP contribution < -0.4 is 9.13 Å². The minimum absolute atomic E-state index is 1.02. The number of fused-ring (bicyclic) bond motifs is 7. The Morgan fingerprint density at radius 3 is 1.32 bits per heavy atom. The average Bonchev–Trinajstić information content (AvgIpc) is 3.32. The van der Waals surface area contributed by atoms with Gasteiger partial charge in [0.2, 0.25) is 22.8 Å². The van der Waals surface area contributed by atoms with E-state index in [1.165, 1.54) is 56.2 Å². The first-order valence-corrected chi connectivity index (χ1v) is 14.5. The van der Waals surface area contributed by atoms with E-state index in [-0.39, 0.29) is 0 Å². The second kappa shape index (κ2) is 10.9. The van der Waals surface area contributed by atoms with Crippen LogP contribution >= 0.6 is 0 Å². The first-order chi connectivity index (χ1) is 19.8. The van der Waals surface area contributed by atoms with Crippen molar-refractivity contribution in [2.45, 2.75) is 38.8 Å². The highest BCUT2D eigenvalue weighted by Gasteiger charge is 2.32. The maximum absolute atomic E-state index is 2.54. The third-order valence-electron chi connectivity index (χ3n) is 8.29. The molecular formula is C38H34N2+2. The average molecular weight is 519 g/mol. The molecule has 0 saturated carbocycles. The van der Waals surface area contributed by atoms with Crippen molar-refractivity contribution in [3.8, 4) is 22.5 Å². The summed E-state index contributed by atoms with van der Waals surface area (Å²) in [7, 11) is 0. The molecule has 2 heteroatoms. The van der Waals surface area contributed by atoms with Crippen LogP contribution in [-0.2, 0) is 25.9 Å². The molecule has 0 radical (unpaired) electrons. The normalized spacial score (nSPS) is 14.2. The fraction of sp³-hybridized carbons (Fsp3) is 0.158. The highest BCUT2D eigenvalue weighted by Crippen LogP contribution is 2.39. The molecule has 0 unspecified atom stereocenters. The summed E-state index contributed by atoms with van der Waals surface area (Å²) in [6.07, 6.45) is 13.5. The van der Waals surface area contributed by atoms with E-state index in [9.17, 15) is 0 Å². The Balaban J connectivity index is 1.39. The molecule has 2 aliphatic rings. The standard InChI is InChI=1S/C38H34N2/c1-3-11-29(12-4-1)21-25-33-17-7-19-35-37-31(15-9-27-39(33)35)23-24-32-16-10-28-40-34(18-8-20-36(40)38(32)37)26-22-30-13-5-2-6-14-30/h1-8,11-14,17-26H,9-10,15-16,27-28H2/q+2/b25-21+,26-22+. The maximum atomic E-state index is 2.54. The van der Waals surface area contributed by atoms with Gasteiger partial charge in [-0.2, -0.15) is 9.13 Å². The number of hydrogen-bond acceptors (Lipinski definition) is 0. The number of aromatic nitrogens is 2. The highest BCUT2D eigenvalue weighted by molar-refractivity contribution is 5.84. The van der Waals surface area contributed by atoms with E-state index in [0.29, 0.717) is 0 Å². The van der Waals surface area contributed by atoms with Crippen LogP contribution in [0, 0.1) is 0 Å². The monoisotopic (exact) mass is 518 g/mol. The number of pyridine rings is 2. The van der Waals surface area contributed by atoms with Crippen molar-refractivity contribution in [1.82, 2.24) is 0 Å². The summed E-state index contributed by atoms with van der Waals surface area (Å²) in [5, 5.41) is 0. The van der Waals surface area contributed by atoms with Gasteiger partial charge in [0.05, 0.1) is 11.1 Å². The van der Waals surface area contributed by atoms with Gasteiger partial charge in [-0.3, -0.25) is 0 Å². The zero-order valence-corrected chi connectivity index (χ0v) is 22.8. The third-order valence-corrected chi connectivity index (χ3v) is 8.29. The largest absolute Gasteiger partial charge is 0.214 e. The van der Waals surface area contributed by atoms with E-state index in [1.54, 1.807) is 0 Å². The van der Waals surface area contributed by atoms with Gasteiger partial charge in [0, 0.05) is 49.3 Å². The lowest BCUT2D eigenvalue weighted by atomic mass is 9.88. The van der Waals surface area contributed by atoms with Crippen molar-refractivity contribution in [3.05, 3.63) is 143 Å². The predicted octanol–water partition coefficient (Wildman–Crippen LogP) is 7.83. The molecule has 5 aromatic rings. The van der Waals surface area contributed by atoms with Crippen molar-refractivity contribution in [3.63, 3.8) is 0 Å². The molecule has 0 bridgehead atoms. The first-order valence-electron chi connectivity index (χ1n) is 14.5. The Labute approximate surface area is 237 Å². The Morgan fingerprint density at radius 2 is 0.875 bits per heavy atom. The van der Waals surface area contributed by atoms with Gasteiger partial charge < -0.3 is 0 Å². The number of benzene rings is 3. The zero-order chi connectivity index (χ0) is 26.7. The fourth-order valence-corrected chi connectivity index (χ4v) is 6.38. The fourth-order valence-electron chi connectivity index (χ4n) is 6.38. The molecule has 0 spiro atoms. The summed E-state index contributed by atoms with van der Waals surface area (Å²) >= 11 is 0. The summed E-state index contributed by atoms with van der Waals surface area (Å²) in [5.41, 5.74) is 13.4. The minimum Gasteiger partial charge on any atom is -0.192 e. The van der Waals surface area contributed by atoms with Crippen LogP contribution in [0.2, 0.25) is 0 Å². The molecule has 0 atom stereocenters. The zero-order valence-electron chi connectivity index (χ0n) is 22.8. The van der Waals surface area contributed by atoms with Crippen LogP contribution in [0.15, 0.2) is 109 Å². The SMILES string of the molecule is C(=C\c1cccc2[n+]1CCCc1ccc3c(c1-2)-c1cccc(/C=C/c2ccccc2)[n+]1CCC3)/c1ccccc1. The van der Waals surface area contributed by atoms with E-state index in [1.807, 2.05) is 0 Å². The summed E-state index contributed by atoms with van der Waals surface area (Å²) < 4.78 is 5.08. The Kier molecular flexibility index (Phi) is 6.67. The van der Waals surface area contributed by atoms with E-state index < -0.39 is 0 Å². The Bertz CT molecular complexity index is 1600. The second-order valence-electron chi connectivity index (χ2n) is 10.8. The van der Waals surface area contributed by atoms with Gasteiger partial charge in [-0.15, -0.1) is 0 Å². The van der Waals surface area contributed by atoms with Crippen molar-refractivity contribution >= 4 is 24.3 Å². The smallest absolute Gasteiger partial charge is 0.192 e. The number of nitrogens with zero attached hydrogens (tertiary/aromatic N) is 2. The summed E-state index contributed by atoms with van der Waals surface area (Å²) in [6.45, 7) is 2.04. The molecule has 0 aliphatic carbocycles. The molecule has 2 aromatic heterocycles. The lowest BCUT2D eigenvalue weighted by molar-refractivity contribution is -0.689. The van der Waals surface area contributed by atoms with Crippen molar-refractivity contribution in [2.75, 3.05) is 0 Å². The van der Waals surface area contributed by atoms with Crippen LogP contribution in [-0.4, -0.2) is 0 Å². The van der Waals surface area contributed by atoms with Gasteiger partial charge in [-0.1, -0.05) is 72.8 Å². The van der Waals surface area contributed by atoms with E-state index in [4.69, 9.17) is 0 Å². The van der Waals surface area contributed by atoms with Crippen LogP contribution in [0.4, 0.5) is 0 Å². The molecule has 2 nitrogen and oxygen atoms in total. The number of hydrogen-bond donors (Lipinski definition) is 0. The van der Waals surface area contributed by atoms with Gasteiger partial charge >= 0.3 is 0 Å². The Morgan fingerprint density at radius 1 is 0.425 bits per heavy atom. The van der Waals surface area contributed by atoms with E-state index in [2.05, 4.69) is 143 Å². The third kappa shape index (κ3) is 4.71. The molecule has 0 N–H and O–H groups in total. The summed E-state index contributed by atoms with van der Waals surface area (Å²) in [4.78, 5) is 0. The second-order valence-corrected chi connectivity index (χ2v) is 10.8. The molecule has 0 saturated heterocycles. The van der Waals surface area contributed by atoms with Crippen molar-refractivity contribution in [1.29, 1.82) is 0 Å². The summed E-state index contributed by atoms with van der Waals surface area (Å²) in [6, 6.07) is 39.6. The molecule has 194 valence electrons. The predicted molar refractivity (Wildman–Crippen MR) is 165 cm³/mol. The first kappa shape index (κ1) is 24.5. The molecule has 0 amide bonds. The minimum atomic E-state index is 1.02. The van der Waals surface area contributed by atoms with Gasteiger partial charge in [0.25, 0.3) is 0 Å². The van der Waals surface area contributed by atoms with Gasteiger partial charge in [-0.25, -0.2) is 0 Å². The molecule has 3 aromatic carbocycles. The maximum Gasteiger partial charge on any atom is 0.214 e. The summed E-state index contributed by atoms with van der Waals surface area (Å²) in [5.74, 6) is 0. The molecule has 40 heavy (non-hydrogen) atoms. The van der Waals surface area contributed by atoms with Crippen molar-refractivity contribution < 1.29 is 9.13 Å². The Hall–Kier alpha value is -4.56. The van der Waals surface area contributed by atoms with E-state index >= 15 is 0 Å². The molecular weight excluding hydrogens is 484 g/mol. The van der Waals surface area contributed by atoms with Crippen LogP contribution in [0.1, 0.15) is 46.5 Å². The molecule has 2 aliphatic heterocycles. The quantitative estimate of drug-likeness (QED) is 0.214. The number of rotatable bonds is 4. The van der Waals surface area contributed by atoms with Crippen LogP contribution in [0.3, 0.4) is 0 Å². The van der Waals surface area contributed by atoms with Crippen LogP contribution in [0.25, 0.3) is 46.8 Å². The lowest BCUT2D eigenvalue weighted by Gasteiger charge is -2.14. The molecule has 0 fully saturated rings. The van der Waals surface area contributed by atoms with Gasteiger partial charge in [0.1, 0.15) is 13.1 Å². The lowest BCUT2D eigenvalue weighted by Crippen LogP contribution is -2.40. The van der Waals surface area contributed by atoms with E-state index in [0.717, 1.165) is 38.8 Å². The number of aryl methyl sites for hydroxylation is 2. The highest BCUT2D eigenvalue weighted by atomic mass is 15.0. The van der Waals surface area contributed by atoms with Gasteiger partial charge in [-0.05, 0) is 59.4 Å². The van der Waals surface area contributed by atoms with Crippen LogP contribution in [0.5, 0.6) is 0 Å².